The number of carbonyl (C=O) groups is 2. The SMILES string of the molecule is CCOC(=O)C(=O)c1[nH]c(=O)[nH]c1O. The summed E-state index contributed by atoms with van der Waals surface area (Å²) in [5.41, 5.74) is -1.26. The van der Waals surface area contributed by atoms with Crippen LogP contribution in [0, 0.1) is 0 Å². The average Bonchev–Trinajstić information content (AvgIpc) is 2.44. The van der Waals surface area contributed by atoms with Gasteiger partial charge in [-0.1, -0.05) is 0 Å². The molecule has 0 bridgehead atoms. The van der Waals surface area contributed by atoms with E-state index in [2.05, 4.69) is 4.74 Å². The number of hydrogen-bond acceptors (Lipinski definition) is 5. The lowest BCUT2D eigenvalue weighted by atomic mass is 10.3. The van der Waals surface area contributed by atoms with Gasteiger partial charge >= 0.3 is 11.7 Å². The van der Waals surface area contributed by atoms with Gasteiger partial charge in [-0.2, -0.15) is 0 Å². The molecule has 1 rings (SSSR count). The Bertz CT molecular complexity index is 416. The molecule has 3 N–H and O–H groups in total. The number of rotatable bonds is 3. The van der Waals surface area contributed by atoms with E-state index in [9.17, 15) is 14.4 Å². The molecule has 1 aromatic rings. The van der Waals surface area contributed by atoms with Crippen molar-refractivity contribution in [2.24, 2.45) is 0 Å². The fourth-order valence-corrected chi connectivity index (χ4v) is 0.837. The Hall–Kier alpha value is -2.05. The number of esters is 1. The first kappa shape index (κ1) is 10.0. The molecule has 0 aliphatic rings. The Morgan fingerprint density at radius 2 is 2.07 bits per heavy atom. The van der Waals surface area contributed by atoms with Gasteiger partial charge in [0.05, 0.1) is 6.61 Å². The summed E-state index contributed by atoms with van der Waals surface area (Å²) in [6, 6.07) is 0. The van der Waals surface area contributed by atoms with Crippen LogP contribution in [0.5, 0.6) is 5.88 Å². The number of aromatic amines is 2. The fraction of sp³-hybridized carbons (Fsp3) is 0.286. The van der Waals surface area contributed by atoms with Crippen molar-refractivity contribution >= 4 is 11.8 Å². The standard InChI is InChI=1S/C7H8N2O5/c1-2-14-6(12)4(10)3-5(11)9-7(13)8-3/h11H,2H2,1H3,(H2,8,9,13). The molecule has 7 heteroatoms. The zero-order valence-electron chi connectivity index (χ0n) is 7.29. The number of Topliss-reactive ketones (excluding diaryl/α,β-unsaturated/α-hetero) is 1. The van der Waals surface area contributed by atoms with E-state index >= 15 is 0 Å². The summed E-state index contributed by atoms with van der Waals surface area (Å²) in [5.74, 6) is -2.89. The van der Waals surface area contributed by atoms with Crippen LogP contribution in [0.25, 0.3) is 0 Å². The van der Waals surface area contributed by atoms with Crippen molar-refractivity contribution in [3.05, 3.63) is 16.2 Å². The van der Waals surface area contributed by atoms with E-state index in [1.54, 1.807) is 0 Å². The molecule has 7 nitrogen and oxygen atoms in total. The normalized spacial score (nSPS) is 9.79. The summed E-state index contributed by atoms with van der Waals surface area (Å²) >= 11 is 0. The van der Waals surface area contributed by atoms with Crippen LogP contribution in [0.1, 0.15) is 17.4 Å². The molecular weight excluding hydrogens is 192 g/mol. The Kier molecular flexibility index (Phi) is 2.70. The number of ketones is 1. The third kappa shape index (κ3) is 1.82. The maximum absolute atomic E-state index is 11.1. The summed E-state index contributed by atoms with van der Waals surface area (Å²) in [7, 11) is 0. The predicted molar refractivity (Wildman–Crippen MR) is 44.0 cm³/mol. The Morgan fingerprint density at radius 1 is 1.43 bits per heavy atom. The lowest BCUT2D eigenvalue weighted by Crippen LogP contribution is -2.18. The number of ether oxygens (including phenoxy) is 1. The van der Waals surface area contributed by atoms with E-state index in [0.29, 0.717) is 0 Å². The smallest absolute Gasteiger partial charge is 0.381 e. The molecule has 1 heterocycles. The lowest BCUT2D eigenvalue weighted by Gasteiger charge is -1.97. The monoisotopic (exact) mass is 200 g/mol. The van der Waals surface area contributed by atoms with Crippen molar-refractivity contribution < 1.29 is 19.4 Å². The van der Waals surface area contributed by atoms with Gasteiger partial charge in [0.15, 0.2) is 5.69 Å². The second-order valence-corrected chi connectivity index (χ2v) is 2.35. The molecule has 0 spiro atoms. The van der Waals surface area contributed by atoms with Gasteiger partial charge in [-0.05, 0) is 6.92 Å². The number of aromatic nitrogens is 2. The van der Waals surface area contributed by atoms with Crippen LogP contribution >= 0.6 is 0 Å². The average molecular weight is 200 g/mol. The molecule has 0 amide bonds. The van der Waals surface area contributed by atoms with Gasteiger partial charge in [0.2, 0.25) is 5.88 Å². The topological polar surface area (TPSA) is 112 Å². The number of nitrogens with one attached hydrogen (secondary N) is 2. The highest BCUT2D eigenvalue weighted by atomic mass is 16.5. The molecule has 0 saturated carbocycles. The molecule has 0 saturated heterocycles. The van der Waals surface area contributed by atoms with E-state index in [4.69, 9.17) is 5.11 Å². The van der Waals surface area contributed by atoms with Crippen LogP contribution in [0.4, 0.5) is 0 Å². The number of aromatic hydroxyl groups is 1. The van der Waals surface area contributed by atoms with Gasteiger partial charge in [-0.25, -0.2) is 9.59 Å². The van der Waals surface area contributed by atoms with Crippen LogP contribution in [0.15, 0.2) is 4.79 Å². The van der Waals surface area contributed by atoms with E-state index < -0.39 is 29.0 Å². The molecule has 0 fully saturated rings. The first-order valence-electron chi connectivity index (χ1n) is 3.79. The molecule has 14 heavy (non-hydrogen) atoms. The second-order valence-electron chi connectivity index (χ2n) is 2.35. The van der Waals surface area contributed by atoms with Gasteiger partial charge in [-0.15, -0.1) is 0 Å². The van der Waals surface area contributed by atoms with Crippen molar-refractivity contribution in [1.29, 1.82) is 0 Å². The van der Waals surface area contributed by atoms with Gasteiger partial charge < -0.3 is 9.84 Å². The van der Waals surface area contributed by atoms with E-state index in [0.717, 1.165) is 0 Å². The van der Waals surface area contributed by atoms with Crippen LogP contribution in [0.3, 0.4) is 0 Å². The third-order valence-electron chi connectivity index (χ3n) is 1.40. The highest BCUT2D eigenvalue weighted by molar-refractivity contribution is 6.40. The van der Waals surface area contributed by atoms with Gasteiger partial charge in [0.1, 0.15) is 0 Å². The van der Waals surface area contributed by atoms with Crippen LogP contribution < -0.4 is 5.69 Å². The van der Waals surface area contributed by atoms with Gasteiger partial charge in [-0.3, -0.25) is 14.8 Å². The number of H-pyrrole nitrogens is 2. The van der Waals surface area contributed by atoms with Crippen LogP contribution in [0.2, 0.25) is 0 Å². The highest BCUT2D eigenvalue weighted by Gasteiger charge is 2.23. The summed E-state index contributed by atoms with van der Waals surface area (Å²) in [5, 5.41) is 9.00. The minimum Gasteiger partial charge on any atom is -0.493 e. The van der Waals surface area contributed by atoms with Crippen LogP contribution in [-0.2, 0) is 9.53 Å². The molecular formula is C7H8N2O5. The zero-order chi connectivity index (χ0) is 10.7. The van der Waals surface area contributed by atoms with Crippen molar-refractivity contribution in [3.8, 4) is 5.88 Å². The molecule has 1 aromatic heterocycles. The van der Waals surface area contributed by atoms with Crippen molar-refractivity contribution in [3.63, 3.8) is 0 Å². The Labute approximate surface area is 77.7 Å². The highest BCUT2D eigenvalue weighted by Crippen LogP contribution is 2.08. The first-order chi connectivity index (χ1) is 6.56. The lowest BCUT2D eigenvalue weighted by molar-refractivity contribution is -0.137. The minimum absolute atomic E-state index is 0.0417. The van der Waals surface area contributed by atoms with Crippen molar-refractivity contribution in [2.45, 2.75) is 6.92 Å². The molecule has 0 unspecified atom stereocenters. The maximum atomic E-state index is 11.1. The largest absolute Gasteiger partial charge is 0.493 e. The molecule has 0 aromatic carbocycles. The first-order valence-corrected chi connectivity index (χ1v) is 3.79. The van der Waals surface area contributed by atoms with Crippen LogP contribution in [-0.4, -0.2) is 33.4 Å². The fourth-order valence-electron chi connectivity index (χ4n) is 0.837. The quantitative estimate of drug-likeness (QED) is 0.334. The molecule has 0 aliphatic heterocycles. The summed E-state index contributed by atoms with van der Waals surface area (Å²) in [6.45, 7) is 1.57. The number of carbonyl (C=O) groups excluding carboxylic acids is 2. The molecule has 0 radical (unpaired) electrons. The predicted octanol–water partition coefficient (Wildman–Crippen LogP) is -0.846. The molecule has 0 atom stereocenters. The Morgan fingerprint density at radius 3 is 2.50 bits per heavy atom. The summed E-state index contributed by atoms with van der Waals surface area (Å²) in [4.78, 5) is 36.5. The number of imidazole rings is 1. The maximum Gasteiger partial charge on any atom is 0.381 e. The Balaban J connectivity index is 2.95. The summed E-state index contributed by atoms with van der Waals surface area (Å²) < 4.78 is 4.39. The minimum atomic E-state index is -1.13. The zero-order valence-corrected chi connectivity index (χ0v) is 7.29. The van der Waals surface area contributed by atoms with E-state index in [-0.39, 0.29) is 6.61 Å². The van der Waals surface area contributed by atoms with Gasteiger partial charge in [0.25, 0.3) is 5.78 Å². The van der Waals surface area contributed by atoms with E-state index in [1.165, 1.54) is 6.92 Å². The molecule has 76 valence electrons. The van der Waals surface area contributed by atoms with E-state index in [1.807, 2.05) is 9.97 Å². The van der Waals surface area contributed by atoms with Gasteiger partial charge in [0, 0.05) is 0 Å². The third-order valence-corrected chi connectivity index (χ3v) is 1.40. The number of hydrogen-bond donors (Lipinski definition) is 3. The molecule has 0 aliphatic carbocycles. The summed E-state index contributed by atoms with van der Waals surface area (Å²) in [6.07, 6.45) is 0. The second kappa shape index (κ2) is 3.77. The van der Waals surface area contributed by atoms with Crippen molar-refractivity contribution in [2.75, 3.05) is 6.61 Å². The van der Waals surface area contributed by atoms with Crippen molar-refractivity contribution in [1.82, 2.24) is 9.97 Å².